The van der Waals surface area contributed by atoms with Gasteiger partial charge in [0.15, 0.2) is 5.58 Å². The molecule has 310 valence electrons. The molecule has 0 atom stereocenters. The first-order valence-electron chi connectivity index (χ1n) is 20.2. The van der Waals surface area contributed by atoms with Gasteiger partial charge in [-0.15, -0.1) is 11.3 Å². The normalized spacial score (nSPS) is 13.4. The summed E-state index contributed by atoms with van der Waals surface area (Å²) < 4.78 is 81.1. The SMILES string of the molecule is CC1(C)c2ccccc2-c2cc(N(c3ccccc3)c3ccc4oc5c(N(c6ccccc6)c6ccc7sc8ccccc8c7c6)cc(OS(=O)(=O)C(F)(F)F)cc5c4c3)ccc21. The fraction of sp³-hybridized carbons (Fsp3) is 0.0769. The van der Waals surface area contributed by atoms with E-state index in [1.165, 1.54) is 28.8 Å². The highest BCUT2D eigenvalue weighted by Crippen LogP contribution is 2.52. The fourth-order valence-electron chi connectivity index (χ4n) is 9.08. The zero-order valence-corrected chi connectivity index (χ0v) is 35.4. The van der Waals surface area contributed by atoms with Crippen molar-refractivity contribution in [2.45, 2.75) is 24.8 Å². The van der Waals surface area contributed by atoms with Gasteiger partial charge >= 0.3 is 15.6 Å². The molecular formula is C52H35F3N2O4S2. The van der Waals surface area contributed by atoms with E-state index in [-0.39, 0.29) is 11.1 Å². The highest BCUT2D eigenvalue weighted by Gasteiger charge is 2.48. The molecule has 11 heteroatoms. The second-order valence-electron chi connectivity index (χ2n) is 16.1. The van der Waals surface area contributed by atoms with Crippen LogP contribution < -0.4 is 14.0 Å². The van der Waals surface area contributed by atoms with Gasteiger partial charge in [0, 0.05) is 70.9 Å². The van der Waals surface area contributed by atoms with E-state index in [0.29, 0.717) is 33.3 Å². The van der Waals surface area contributed by atoms with Crippen LogP contribution in [0.1, 0.15) is 25.0 Å². The number of hydrogen-bond acceptors (Lipinski definition) is 7. The summed E-state index contributed by atoms with van der Waals surface area (Å²) in [4.78, 5) is 3.98. The summed E-state index contributed by atoms with van der Waals surface area (Å²) in [6.45, 7) is 4.47. The Morgan fingerprint density at radius 3 is 1.89 bits per heavy atom. The number of halogens is 3. The maximum absolute atomic E-state index is 14.0. The predicted octanol–water partition coefficient (Wildman–Crippen LogP) is 15.4. The molecule has 10 aromatic rings. The third-order valence-corrected chi connectivity index (χ3v) is 14.1. The van der Waals surface area contributed by atoms with Crippen LogP contribution in [-0.2, 0) is 15.5 Å². The monoisotopic (exact) mass is 872 g/mol. The lowest BCUT2D eigenvalue weighted by molar-refractivity contribution is -0.0500. The minimum Gasteiger partial charge on any atom is -0.454 e. The van der Waals surface area contributed by atoms with Gasteiger partial charge in [0.2, 0.25) is 0 Å². The summed E-state index contributed by atoms with van der Waals surface area (Å²) in [5, 5.41) is 2.95. The number of alkyl halides is 3. The molecule has 1 aliphatic rings. The molecule has 11 rings (SSSR count). The second-order valence-corrected chi connectivity index (χ2v) is 18.7. The van der Waals surface area contributed by atoms with Gasteiger partial charge in [0.25, 0.3) is 0 Å². The van der Waals surface area contributed by atoms with Crippen molar-refractivity contribution in [3.05, 3.63) is 187 Å². The number of anilines is 6. The molecule has 6 nitrogen and oxygen atoms in total. The van der Waals surface area contributed by atoms with Crippen molar-refractivity contribution in [1.82, 2.24) is 0 Å². The Morgan fingerprint density at radius 2 is 1.13 bits per heavy atom. The largest absolute Gasteiger partial charge is 0.534 e. The van der Waals surface area contributed by atoms with Crippen molar-refractivity contribution in [2.75, 3.05) is 9.80 Å². The lowest BCUT2D eigenvalue weighted by Crippen LogP contribution is -2.28. The van der Waals surface area contributed by atoms with Crippen LogP contribution in [-0.4, -0.2) is 13.9 Å². The zero-order valence-electron chi connectivity index (χ0n) is 33.7. The summed E-state index contributed by atoms with van der Waals surface area (Å²) >= 11 is 1.66. The van der Waals surface area contributed by atoms with Crippen LogP contribution in [0.5, 0.6) is 5.75 Å². The van der Waals surface area contributed by atoms with Gasteiger partial charge in [-0.3, -0.25) is 0 Å². The average Bonchev–Trinajstić information content (AvgIpc) is 3.91. The van der Waals surface area contributed by atoms with Crippen LogP contribution in [0.4, 0.5) is 47.3 Å². The first-order valence-corrected chi connectivity index (χ1v) is 22.5. The maximum Gasteiger partial charge on any atom is 0.534 e. The van der Waals surface area contributed by atoms with E-state index in [1.807, 2.05) is 114 Å². The van der Waals surface area contributed by atoms with Gasteiger partial charge < -0.3 is 18.4 Å². The van der Waals surface area contributed by atoms with Gasteiger partial charge in [-0.1, -0.05) is 98.8 Å². The van der Waals surface area contributed by atoms with E-state index >= 15 is 0 Å². The molecule has 0 amide bonds. The van der Waals surface area contributed by atoms with Crippen molar-refractivity contribution < 1.29 is 30.2 Å². The predicted molar refractivity (Wildman–Crippen MR) is 249 cm³/mol. The fourth-order valence-corrected chi connectivity index (χ4v) is 10.6. The lowest BCUT2D eigenvalue weighted by atomic mass is 9.82. The first-order chi connectivity index (χ1) is 30.4. The minimum absolute atomic E-state index is 0.190. The number of benzene rings is 8. The van der Waals surface area contributed by atoms with E-state index in [1.54, 1.807) is 11.3 Å². The molecule has 2 aromatic heterocycles. The molecule has 0 radical (unpaired) electrons. The van der Waals surface area contributed by atoms with E-state index in [0.717, 1.165) is 42.8 Å². The number of fused-ring (bicyclic) bond motifs is 9. The van der Waals surface area contributed by atoms with Crippen LogP contribution >= 0.6 is 11.3 Å². The molecule has 0 fully saturated rings. The van der Waals surface area contributed by atoms with Crippen molar-refractivity contribution in [1.29, 1.82) is 0 Å². The van der Waals surface area contributed by atoms with Crippen LogP contribution in [0, 0.1) is 0 Å². The summed E-state index contributed by atoms with van der Waals surface area (Å²) in [7, 11) is -6.06. The minimum atomic E-state index is -6.06. The topological polar surface area (TPSA) is 63.0 Å². The summed E-state index contributed by atoms with van der Waals surface area (Å²) in [5.41, 5.74) is 3.82. The van der Waals surface area contributed by atoms with Gasteiger partial charge in [-0.25, -0.2) is 0 Å². The molecule has 0 saturated heterocycles. The molecule has 0 aliphatic heterocycles. The summed E-state index contributed by atoms with van der Waals surface area (Å²) in [5.74, 6) is -0.522. The van der Waals surface area contributed by atoms with E-state index in [9.17, 15) is 21.6 Å². The van der Waals surface area contributed by atoms with Crippen molar-refractivity contribution in [3.63, 3.8) is 0 Å². The Hall–Kier alpha value is -7.08. The van der Waals surface area contributed by atoms with E-state index in [2.05, 4.69) is 73.3 Å². The standard InChI is InChI=1S/C52H35F3N2O4S2/c1-51(2)44-19-11-9-17-38(44)40-27-34(21-24-45(40)51)56(32-13-5-3-6-14-32)35-22-25-47-41(28-35)43-30-37(61-63(58,59)52(53,54)55)31-46(50(43)60-47)57(33-15-7-4-8-16-33)36-23-26-49-42(29-36)39-18-10-12-20-48(39)62-49/h3-31H,1-2H3. The number of rotatable bonds is 8. The van der Waals surface area contributed by atoms with Crippen molar-refractivity contribution >= 4 is 97.7 Å². The molecule has 2 heterocycles. The third kappa shape index (κ3) is 6.33. The number of thiophene rings is 1. The van der Waals surface area contributed by atoms with Crippen LogP contribution in [0.3, 0.4) is 0 Å². The highest BCUT2D eigenvalue weighted by molar-refractivity contribution is 7.88. The zero-order chi connectivity index (χ0) is 43.3. The van der Waals surface area contributed by atoms with Gasteiger partial charge in [-0.2, -0.15) is 21.6 Å². The number of para-hydroxylation sites is 2. The first kappa shape index (κ1) is 38.8. The molecule has 0 saturated carbocycles. The summed E-state index contributed by atoms with van der Waals surface area (Å²) in [6, 6.07) is 56.5. The molecule has 0 bridgehead atoms. The summed E-state index contributed by atoms with van der Waals surface area (Å²) in [6.07, 6.45) is 0. The number of furan rings is 1. The van der Waals surface area contributed by atoms with Gasteiger partial charge in [0.1, 0.15) is 11.3 Å². The molecule has 0 spiro atoms. The van der Waals surface area contributed by atoms with Gasteiger partial charge in [0.05, 0.1) is 5.69 Å². The van der Waals surface area contributed by atoms with E-state index in [4.69, 9.17) is 8.60 Å². The Bertz CT molecular complexity index is 3550. The van der Waals surface area contributed by atoms with E-state index < -0.39 is 21.4 Å². The smallest absolute Gasteiger partial charge is 0.454 e. The van der Waals surface area contributed by atoms with Gasteiger partial charge in [-0.05, 0) is 107 Å². The quantitative estimate of drug-likeness (QED) is 0.112. The Morgan fingerprint density at radius 1 is 0.540 bits per heavy atom. The second kappa shape index (κ2) is 14.2. The number of nitrogens with zero attached hydrogens (tertiary/aromatic N) is 2. The van der Waals surface area contributed by atoms with Crippen molar-refractivity contribution in [3.8, 4) is 16.9 Å². The Labute approximate surface area is 364 Å². The Kier molecular flexibility index (Phi) is 8.77. The molecule has 0 N–H and O–H groups in total. The number of hydrogen-bond donors (Lipinski definition) is 0. The molecule has 63 heavy (non-hydrogen) atoms. The van der Waals surface area contributed by atoms with Crippen LogP contribution in [0.25, 0.3) is 53.2 Å². The Balaban J connectivity index is 1.14. The molecular weight excluding hydrogens is 838 g/mol. The third-order valence-electron chi connectivity index (χ3n) is 12.0. The average molecular weight is 873 g/mol. The molecule has 0 unspecified atom stereocenters. The van der Waals surface area contributed by atoms with Crippen LogP contribution in [0.15, 0.2) is 180 Å². The lowest BCUT2D eigenvalue weighted by Gasteiger charge is -2.27. The van der Waals surface area contributed by atoms with Crippen LogP contribution in [0.2, 0.25) is 0 Å². The maximum atomic E-state index is 14.0. The molecule has 1 aliphatic carbocycles. The highest BCUT2D eigenvalue weighted by atomic mass is 32.2. The molecule has 8 aromatic carbocycles. The van der Waals surface area contributed by atoms with Crippen molar-refractivity contribution in [2.24, 2.45) is 0 Å².